The number of sulfonamides is 1. The van der Waals surface area contributed by atoms with E-state index in [-0.39, 0.29) is 41.4 Å². The summed E-state index contributed by atoms with van der Waals surface area (Å²) in [5.41, 5.74) is -0.326. The van der Waals surface area contributed by atoms with Gasteiger partial charge in [-0.15, -0.1) is 0 Å². The molecular formula is C19H27N3O6S. The van der Waals surface area contributed by atoms with Gasteiger partial charge < -0.3 is 10.1 Å². The summed E-state index contributed by atoms with van der Waals surface area (Å²) in [5, 5.41) is 14.2. The Hall–Kier alpha value is -2.20. The smallest absolute Gasteiger partial charge is 0.271 e. The van der Waals surface area contributed by atoms with Crippen LogP contribution in [0.5, 0.6) is 5.75 Å². The van der Waals surface area contributed by atoms with Gasteiger partial charge in [-0.05, 0) is 31.7 Å². The molecule has 1 aromatic carbocycles. The van der Waals surface area contributed by atoms with E-state index in [1.54, 1.807) is 0 Å². The lowest BCUT2D eigenvalue weighted by Gasteiger charge is -2.33. The number of amides is 1. The van der Waals surface area contributed by atoms with Crippen molar-refractivity contribution in [2.75, 3.05) is 20.2 Å². The molecule has 1 unspecified atom stereocenters. The summed E-state index contributed by atoms with van der Waals surface area (Å²) >= 11 is 0. The number of benzene rings is 1. The van der Waals surface area contributed by atoms with Gasteiger partial charge in [0.15, 0.2) is 0 Å². The van der Waals surface area contributed by atoms with Gasteiger partial charge in [0.2, 0.25) is 15.9 Å². The number of hydrogen-bond acceptors (Lipinski definition) is 6. The number of carbonyl (C=O) groups excluding carboxylic acids is 1. The lowest BCUT2D eigenvalue weighted by atomic mass is 9.93. The molecule has 2 fully saturated rings. The molecule has 2 aliphatic rings. The number of nitro groups is 1. The van der Waals surface area contributed by atoms with Crippen LogP contribution in [0.15, 0.2) is 23.1 Å². The number of ether oxygens (including phenoxy) is 1. The normalized spacial score (nSPS) is 21.5. The molecule has 1 saturated carbocycles. The molecule has 29 heavy (non-hydrogen) atoms. The molecule has 0 radical (unpaired) electrons. The highest BCUT2D eigenvalue weighted by Gasteiger charge is 2.36. The maximum atomic E-state index is 13.2. The van der Waals surface area contributed by atoms with E-state index in [0.717, 1.165) is 31.7 Å². The van der Waals surface area contributed by atoms with Gasteiger partial charge >= 0.3 is 0 Å². The van der Waals surface area contributed by atoms with E-state index in [0.29, 0.717) is 12.8 Å². The van der Waals surface area contributed by atoms with Crippen LogP contribution in [0.2, 0.25) is 0 Å². The van der Waals surface area contributed by atoms with Crippen molar-refractivity contribution >= 4 is 21.6 Å². The third kappa shape index (κ3) is 4.87. The number of hydrogen-bond donors (Lipinski definition) is 1. The largest absolute Gasteiger partial charge is 0.495 e. The minimum atomic E-state index is -4.04. The van der Waals surface area contributed by atoms with E-state index in [9.17, 15) is 23.3 Å². The van der Waals surface area contributed by atoms with E-state index in [1.165, 1.54) is 30.0 Å². The summed E-state index contributed by atoms with van der Waals surface area (Å²) in [5.74, 6) is -0.489. The molecule has 1 aliphatic heterocycles. The maximum absolute atomic E-state index is 13.2. The molecule has 0 bridgehead atoms. The molecule has 1 N–H and O–H groups in total. The summed E-state index contributed by atoms with van der Waals surface area (Å²) in [4.78, 5) is 22.9. The predicted octanol–water partition coefficient (Wildman–Crippen LogP) is 2.45. The monoisotopic (exact) mass is 425 g/mol. The first-order valence-electron chi connectivity index (χ1n) is 9.96. The number of piperidine rings is 1. The third-order valence-corrected chi connectivity index (χ3v) is 7.57. The molecule has 1 heterocycles. The van der Waals surface area contributed by atoms with Crippen molar-refractivity contribution in [2.45, 2.75) is 55.9 Å². The van der Waals surface area contributed by atoms with Crippen molar-refractivity contribution in [1.29, 1.82) is 0 Å². The number of methoxy groups -OCH3 is 1. The van der Waals surface area contributed by atoms with Crippen LogP contribution >= 0.6 is 0 Å². The van der Waals surface area contributed by atoms with E-state index >= 15 is 0 Å². The summed E-state index contributed by atoms with van der Waals surface area (Å²) in [6.45, 7) is 0.328. The van der Waals surface area contributed by atoms with Crippen LogP contribution in [0.3, 0.4) is 0 Å². The number of nitrogens with one attached hydrogen (secondary N) is 1. The predicted molar refractivity (Wildman–Crippen MR) is 106 cm³/mol. The Morgan fingerprint density at radius 1 is 1.21 bits per heavy atom. The zero-order chi connectivity index (χ0) is 21.0. The first kappa shape index (κ1) is 21.5. The van der Waals surface area contributed by atoms with Gasteiger partial charge in [0, 0.05) is 31.3 Å². The van der Waals surface area contributed by atoms with Crippen LogP contribution in [-0.2, 0) is 14.8 Å². The first-order chi connectivity index (χ1) is 13.8. The van der Waals surface area contributed by atoms with Gasteiger partial charge in [0.25, 0.3) is 5.69 Å². The number of carbonyl (C=O) groups is 1. The molecule has 160 valence electrons. The highest BCUT2D eigenvalue weighted by atomic mass is 32.2. The Labute approximate surface area is 170 Å². The number of nitrogens with zero attached hydrogens (tertiary/aromatic N) is 2. The van der Waals surface area contributed by atoms with Crippen LogP contribution in [0.4, 0.5) is 5.69 Å². The van der Waals surface area contributed by atoms with Crippen LogP contribution in [0.1, 0.15) is 44.9 Å². The number of rotatable bonds is 6. The Balaban J connectivity index is 1.77. The standard InChI is InChI=1S/C19H27N3O6S/c1-28-17-10-9-16(22(24)25)12-18(17)29(26,27)21-11-5-6-14(13-21)19(23)20-15-7-3-2-4-8-15/h9-10,12,14-15H,2-8,11,13H2,1H3,(H,20,23). The fourth-order valence-electron chi connectivity index (χ4n) is 4.06. The summed E-state index contributed by atoms with van der Waals surface area (Å²) in [6.07, 6.45) is 6.49. The second-order valence-corrected chi connectivity index (χ2v) is 9.54. The zero-order valence-corrected chi connectivity index (χ0v) is 17.3. The number of non-ortho nitro benzene ring substituents is 1. The third-order valence-electron chi connectivity index (χ3n) is 5.68. The van der Waals surface area contributed by atoms with Crippen LogP contribution in [0.25, 0.3) is 0 Å². The summed E-state index contributed by atoms with van der Waals surface area (Å²) in [7, 11) is -2.72. The minimum absolute atomic E-state index is 0.0457. The first-order valence-corrected chi connectivity index (χ1v) is 11.4. The average Bonchev–Trinajstić information content (AvgIpc) is 2.74. The Bertz CT molecular complexity index is 867. The van der Waals surface area contributed by atoms with Gasteiger partial charge in [-0.3, -0.25) is 14.9 Å². The maximum Gasteiger partial charge on any atom is 0.271 e. The van der Waals surface area contributed by atoms with Gasteiger partial charge in [0.05, 0.1) is 18.0 Å². The molecule has 1 atom stereocenters. The molecule has 1 aliphatic carbocycles. The van der Waals surface area contributed by atoms with Crippen LogP contribution in [0, 0.1) is 16.0 Å². The molecule has 3 rings (SSSR count). The Morgan fingerprint density at radius 2 is 1.93 bits per heavy atom. The van der Waals surface area contributed by atoms with Crippen molar-refractivity contribution < 1.29 is 22.9 Å². The second kappa shape index (κ2) is 9.08. The molecule has 0 spiro atoms. The zero-order valence-electron chi connectivity index (χ0n) is 16.5. The second-order valence-electron chi connectivity index (χ2n) is 7.64. The fourth-order valence-corrected chi connectivity index (χ4v) is 5.76. The van der Waals surface area contributed by atoms with Crippen LogP contribution < -0.4 is 10.1 Å². The molecule has 0 aromatic heterocycles. The molecule has 9 nitrogen and oxygen atoms in total. The topological polar surface area (TPSA) is 119 Å². The van der Waals surface area contributed by atoms with Crippen molar-refractivity contribution in [1.82, 2.24) is 9.62 Å². The van der Waals surface area contributed by atoms with Crippen molar-refractivity contribution in [2.24, 2.45) is 5.92 Å². The highest BCUT2D eigenvalue weighted by molar-refractivity contribution is 7.89. The van der Waals surface area contributed by atoms with E-state index in [2.05, 4.69) is 5.32 Å². The Morgan fingerprint density at radius 3 is 2.59 bits per heavy atom. The van der Waals surface area contributed by atoms with E-state index in [4.69, 9.17) is 4.74 Å². The lowest BCUT2D eigenvalue weighted by Crippen LogP contribution is -2.47. The average molecular weight is 426 g/mol. The SMILES string of the molecule is COc1ccc([N+](=O)[O-])cc1S(=O)(=O)N1CCCC(C(=O)NC2CCCCC2)C1. The molecule has 10 heteroatoms. The fraction of sp³-hybridized carbons (Fsp3) is 0.632. The lowest BCUT2D eigenvalue weighted by molar-refractivity contribution is -0.385. The van der Waals surface area contributed by atoms with Crippen molar-refractivity contribution in [3.8, 4) is 5.75 Å². The minimum Gasteiger partial charge on any atom is -0.495 e. The van der Waals surface area contributed by atoms with Crippen LogP contribution in [-0.4, -0.2) is 49.8 Å². The number of nitro benzene ring substituents is 1. The molecule has 1 amide bonds. The van der Waals surface area contributed by atoms with E-state index in [1.807, 2.05) is 0 Å². The highest BCUT2D eigenvalue weighted by Crippen LogP contribution is 2.32. The van der Waals surface area contributed by atoms with Crippen molar-refractivity contribution in [3.05, 3.63) is 28.3 Å². The Kier molecular flexibility index (Phi) is 6.74. The molecule has 1 aromatic rings. The summed E-state index contributed by atoms with van der Waals surface area (Å²) in [6, 6.07) is 3.66. The van der Waals surface area contributed by atoms with Crippen molar-refractivity contribution in [3.63, 3.8) is 0 Å². The van der Waals surface area contributed by atoms with Gasteiger partial charge in [-0.1, -0.05) is 19.3 Å². The quantitative estimate of drug-likeness (QED) is 0.552. The summed E-state index contributed by atoms with van der Waals surface area (Å²) < 4.78 is 32.7. The van der Waals surface area contributed by atoms with Gasteiger partial charge in [-0.25, -0.2) is 8.42 Å². The molecular weight excluding hydrogens is 398 g/mol. The molecule has 1 saturated heterocycles. The van der Waals surface area contributed by atoms with Gasteiger partial charge in [0.1, 0.15) is 10.6 Å². The van der Waals surface area contributed by atoms with Gasteiger partial charge in [-0.2, -0.15) is 4.31 Å². The van der Waals surface area contributed by atoms with E-state index < -0.39 is 20.9 Å².